The third kappa shape index (κ3) is 4.86. The standard InChI is InChI=1S/C33H48O/c1-18(2)23-14-25(20(5)6)29(26(15-23)21(7)8)31-30-27(22(9)10)16-24(19(3)4)17-28(30)34-32(31)33(11,12)13/h14-22H,1-13H3. The van der Waals surface area contributed by atoms with Crippen LogP contribution in [0.4, 0.5) is 0 Å². The van der Waals surface area contributed by atoms with E-state index in [2.05, 4.69) is 114 Å². The summed E-state index contributed by atoms with van der Waals surface area (Å²) in [5.74, 6) is 3.38. The molecule has 0 amide bonds. The van der Waals surface area contributed by atoms with Crippen molar-refractivity contribution in [1.82, 2.24) is 0 Å². The van der Waals surface area contributed by atoms with E-state index >= 15 is 0 Å². The topological polar surface area (TPSA) is 13.1 Å². The van der Waals surface area contributed by atoms with E-state index in [-0.39, 0.29) is 5.41 Å². The van der Waals surface area contributed by atoms with Gasteiger partial charge in [-0.15, -0.1) is 0 Å². The summed E-state index contributed by atoms with van der Waals surface area (Å²) in [7, 11) is 0. The molecular weight excluding hydrogens is 412 g/mol. The molecule has 1 heteroatoms. The highest BCUT2D eigenvalue weighted by Gasteiger charge is 2.32. The number of rotatable bonds is 6. The van der Waals surface area contributed by atoms with E-state index in [4.69, 9.17) is 4.42 Å². The Morgan fingerprint density at radius 2 is 0.941 bits per heavy atom. The summed E-state index contributed by atoms with van der Waals surface area (Å²) in [6.07, 6.45) is 0. The van der Waals surface area contributed by atoms with Crippen LogP contribution in [-0.4, -0.2) is 0 Å². The summed E-state index contributed by atoms with van der Waals surface area (Å²) in [5.41, 5.74) is 10.8. The largest absolute Gasteiger partial charge is 0.460 e. The average Bonchev–Trinajstić information content (AvgIpc) is 3.11. The van der Waals surface area contributed by atoms with Crippen molar-refractivity contribution in [2.24, 2.45) is 0 Å². The Morgan fingerprint density at radius 1 is 0.529 bits per heavy atom. The summed E-state index contributed by atoms with van der Waals surface area (Å²) in [6.45, 7) is 30.0. The molecule has 0 atom stereocenters. The van der Waals surface area contributed by atoms with E-state index in [1.807, 2.05) is 0 Å². The fourth-order valence-corrected chi connectivity index (χ4v) is 5.08. The molecule has 0 unspecified atom stereocenters. The van der Waals surface area contributed by atoms with Crippen molar-refractivity contribution in [1.29, 1.82) is 0 Å². The molecule has 2 aromatic carbocycles. The van der Waals surface area contributed by atoms with Crippen LogP contribution in [0.5, 0.6) is 0 Å². The third-order valence-corrected chi connectivity index (χ3v) is 7.20. The van der Waals surface area contributed by atoms with Gasteiger partial charge in [0, 0.05) is 16.4 Å². The van der Waals surface area contributed by atoms with Crippen molar-refractivity contribution in [2.75, 3.05) is 0 Å². The van der Waals surface area contributed by atoms with Gasteiger partial charge in [0.1, 0.15) is 11.3 Å². The van der Waals surface area contributed by atoms with Crippen LogP contribution in [0, 0.1) is 0 Å². The van der Waals surface area contributed by atoms with E-state index in [9.17, 15) is 0 Å². The Balaban J connectivity index is 2.63. The molecule has 0 N–H and O–H groups in total. The minimum absolute atomic E-state index is 0.0974. The Bertz CT molecular complexity index is 1130. The first-order chi connectivity index (χ1) is 15.6. The molecule has 1 nitrogen and oxygen atoms in total. The lowest BCUT2D eigenvalue weighted by atomic mass is 9.77. The van der Waals surface area contributed by atoms with Gasteiger partial charge in [-0.1, -0.05) is 108 Å². The number of furan rings is 1. The SMILES string of the molecule is CC(C)c1cc(C(C)C)c(-c2c(C(C)(C)C)oc3cc(C(C)C)cc(C(C)C)c23)c(C(C)C)c1. The van der Waals surface area contributed by atoms with Gasteiger partial charge in [-0.25, -0.2) is 0 Å². The van der Waals surface area contributed by atoms with Crippen molar-refractivity contribution in [3.63, 3.8) is 0 Å². The molecule has 0 saturated carbocycles. The number of benzene rings is 2. The molecule has 186 valence electrons. The highest BCUT2D eigenvalue weighted by Crippen LogP contribution is 2.49. The van der Waals surface area contributed by atoms with Crippen molar-refractivity contribution in [2.45, 2.75) is 125 Å². The van der Waals surface area contributed by atoms with Crippen LogP contribution < -0.4 is 0 Å². The molecule has 0 spiro atoms. The Labute approximate surface area is 209 Å². The summed E-state index contributed by atoms with van der Waals surface area (Å²) in [4.78, 5) is 0. The zero-order valence-corrected chi connectivity index (χ0v) is 24.1. The van der Waals surface area contributed by atoms with E-state index in [0.29, 0.717) is 29.6 Å². The molecule has 0 radical (unpaired) electrons. The Hall–Kier alpha value is -2.02. The van der Waals surface area contributed by atoms with E-state index in [1.165, 1.54) is 44.3 Å². The minimum Gasteiger partial charge on any atom is -0.460 e. The van der Waals surface area contributed by atoms with Gasteiger partial charge in [-0.3, -0.25) is 0 Å². The molecule has 34 heavy (non-hydrogen) atoms. The number of fused-ring (bicyclic) bond motifs is 1. The predicted octanol–water partition coefficient (Wildman–Crippen LogP) is 11.0. The molecule has 0 aliphatic heterocycles. The van der Waals surface area contributed by atoms with Crippen LogP contribution >= 0.6 is 0 Å². The second kappa shape index (κ2) is 9.56. The summed E-state index contributed by atoms with van der Waals surface area (Å²) in [5, 5.41) is 1.32. The van der Waals surface area contributed by atoms with Crippen molar-refractivity contribution in [3.05, 3.63) is 57.8 Å². The number of hydrogen-bond acceptors (Lipinski definition) is 1. The lowest BCUT2D eigenvalue weighted by molar-refractivity contribution is 0.431. The third-order valence-electron chi connectivity index (χ3n) is 7.20. The zero-order chi connectivity index (χ0) is 25.7. The second-order valence-electron chi connectivity index (χ2n) is 12.9. The van der Waals surface area contributed by atoms with Crippen LogP contribution in [0.15, 0.2) is 28.7 Å². The lowest BCUT2D eigenvalue weighted by Gasteiger charge is -2.26. The lowest BCUT2D eigenvalue weighted by Crippen LogP contribution is -2.13. The molecule has 0 aliphatic rings. The molecule has 0 saturated heterocycles. The van der Waals surface area contributed by atoms with Gasteiger partial charge in [-0.05, 0) is 69.0 Å². The fraction of sp³-hybridized carbons (Fsp3) is 0.576. The quantitative estimate of drug-likeness (QED) is 0.356. The molecule has 0 bridgehead atoms. The monoisotopic (exact) mass is 460 g/mol. The van der Waals surface area contributed by atoms with Crippen molar-refractivity contribution in [3.8, 4) is 11.1 Å². The maximum atomic E-state index is 6.85. The second-order valence-corrected chi connectivity index (χ2v) is 12.9. The van der Waals surface area contributed by atoms with E-state index in [0.717, 1.165) is 11.3 Å². The van der Waals surface area contributed by atoms with Crippen LogP contribution in [0.25, 0.3) is 22.1 Å². The normalized spacial score (nSPS) is 13.0. The maximum absolute atomic E-state index is 6.85. The molecule has 0 fully saturated rings. The van der Waals surface area contributed by atoms with Gasteiger partial charge in [0.15, 0.2) is 0 Å². The zero-order valence-electron chi connectivity index (χ0n) is 24.1. The minimum atomic E-state index is -0.0974. The van der Waals surface area contributed by atoms with Crippen LogP contribution in [0.2, 0.25) is 0 Å². The van der Waals surface area contributed by atoms with Gasteiger partial charge in [-0.2, -0.15) is 0 Å². The predicted molar refractivity (Wildman–Crippen MR) is 151 cm³/mol. The Morgan fingerprint density at radius 3 is 1.32 bits per heavy atom. The van der Waals surface area contributed by atoms with Crippen molar-refractivity contribution < 1.29 is 4.42 Å². The van der Waals surface area contributed by atoms with Gasteiger partial charge < -0.3 is 4.42 Å². The smallest absolute Gasteiger partial charge is 0.135 e. The van der Waals surface area contributed by atoms with Crippen LogP contribution in [0.1, 0.15) is 153 Å². The highest BCUT2D eigenvalue weighted by atomic mass is 16.3. The molecular formula is C33H48O. The average molecular weight is 461 g/mol. The maximum Gasteiger partial charge on any atom is 0.135 e. The van der Waals surface area contributed by atoms with Crippen molar-refractivity contribution >= 4 is 11.0 Å². The first-order valence-electron chi connectivity index (χ1n) is 13.4. The van der Waals surface area contributed by atoms with E-state index in [1.54, 1.807) is 0 Å². The summed E-state index contributed by atoms with van der Waals surface area (Å²) in [6, 6.07) is 9.69. The van der Waals surface area contributed by atoms with Crippen LogP contribution in [0.3, 0.4) is 0 Å². The van der Waals surface area contributed by atoms with Gasteiger partial charge in [0.05, 0.1) is 0 Å². The van der Waals surface area contributed by atoms with Gasteiger partial charge in [0.2, 0.25) is 0 Å². The van der Waals surface area contributed by atoms with Crippen LogP contribution in [-0.2, 0) is 5.41 Å². The molecule has 3 rings (SSSR count). The molecule has 3 aromatic rings. The van der Waals surface area contributed by atoms with Gasteiger partial charge >= 0.3 is 0 Å². The summed E-state index contributed by atoms with van der Waals surface area (Å²) >= 11 is 0. The molecule has 1 heterocycles. The fourth-order valence-electron chi connectivity index (χ4n) is 5.08. The molecule has 1 aromatic heterocycles. The first kappa shape index (κ1) is 26.6. The van der Waals surface area contributed by atoms with E-state index < -0.39 is 0 Å². The first-order valence-corrected chi connectivity index (χ1v) is 13.4. The van der Waals surface area contributed by atoms with Gasteiger partial charge in [0.25, 0.3) is 0 Å². The number of hydrogen-bond donors (Lipinski definition) is 0. The molecule has 0 aliphatic carbocycles. The Kier molecular flexibility index (Phi) is 7.47. The highest BCUT2D eigenvalue weighted by molar-refractivity contribution is 6.01. The summed E-state index contributed by atoms with van der Waals surface area (Å²) < 4.78 is 6.85.